The third kappa shape index (κ3) is 5.72. The van der Waals surface area contributed by atoms with Crippen molar-refractivity contribution >= 4 is 29.1 Å². The van der Waals surface area contributed by atoms with Gasteiger partial charge in [-0.1, -0.05) is 47.7 Å². The molecule has 4 aromatic rings. The Morgan fingerprint density at radius 3 is 2.57 bits per heavy atom. The second kappa shape index (κ2) is 12.2. The molecule has 3 aromatic carbocycles. The summed E-state index contributed by atoms with van der Waals surface area (Å²) >= 11 is 1.22. The van der Waals surface area contributed by atoms with Crippen LogP contribution in [0.25, 0.3) is 6.08 Å². The summed E-state index contributed by atoms with van der Waals surface area (Å²) in [5.74, 6) is 0.608. The number of hydrogen-bond acceptors (Lipinski definition) is 9. The zero-order valence-electron chi connectivity index (χ0n) is 23.1. The van der Waals surface area contributed by atoms with E-state index in [2.05, 4.69) is 4.99 Å². The first kappa shape index (κ1) is 28.5. The number of carbonyl (C=O) groups is 1. The molecule has 0 saturated heterocycles. The molecule has 42 heavy (non-hydrogen) atoms. The van der Waals surface area contributed by atoms with Crippen LogP contribution in [-0.2, 0) is 16.1 Å². The van der Waals surface area contributed by atoms with Gasteiger partial charge < -0.3 is 14.2 Å². The van der Waals surface area contributed by atoms with Gasteiger partial charge in [0.2, 0.25) is 0 Å². The van der Waals surface area contributed by atoms with E-state index in [1.54, 1.807) is 75.6 Å². The van der Waals surface area contributed by atoms with Crippen molar-refractivity contribution < 1.29 is 23.9 Å². The van der Waals surface area contributed by atoms with Crippen molar-refractivity contribution in [3.8, 4) is 11.5 Å². The average molecular weight is 586 g/mol. The number of esters is 1. The van der Waals surface area contributed by atoms with Crippen molar-refractivity contribution in [2.24, 2.45) is 4.99 Å². The maximum absolute atomic E-state index is 13.8. The van der Waals surface area contributed by atoms with Gasteiger partial charge >= 0.3 is 5.97 Å². The van der Waals surface area contributed by atoms with E-state index in [-0.39, 0.29) is 24.5 Å². The van der Waals surface area contributed by atoms with Crippen LogP contribution in [0.3, 0.4) is 0 Å². The molecule has 5 rings (SSSR count). The highest BCUT2D eigenvalue weighted by Crippen LogP contribution is 2.31. The van der Waals surface area contributed by atoms with Crippen molar-refractivity contribution in [3.05, 3.63) is 131 Å². The van der Waals surface area contributed by atoms with Crippen LogP contribution in [0.1, 0.15) is 36.6 Å². The average Bonchev–Trinajstić information content (AvgIpc) is 3.29. The fourth-order valence-corrected chi connectivity index (χ4v) is 5.76. The largest absolute Gasteiger partial charge is 0.497 e. The molecular weight excluding hydrogens is 558 g/mol. The van der Waals surface area contributed by atoms with Crippen LogP contribution >= 0.6 is 11.3 Å². The molecule has 0 N–H and O–H groups in total. The summed E-state index contributed by atoms with van der Waals surface area (Å²) in [6.07, 6.45) is 1.73. The first-order valence-corrected chi connectivity index (χ1v) is 13.9. The zero-order valence-corrected chi connectivity index (χ0v) is 23.9. The van der Waals surface area contributed by atoms with Crippen molar-refractivity contribution in [1.29, 1.82) is 0 Å². The van der Waals surface area contributed by atoms with Crippen molar-refractivity contribution in [1.82, 2.24) is 4.57 Å². The lowest BCUT2D eigenvalue weighted by Crippen LogP contribution is -2.39. The maximum Gasteiger partial charge on any atom is 0.338 e. The lowest BCUT2D eigenvalue weighted by Gasteiger charge is -2.24. The number of carbonyl (C=O) groups excluding carboxylic acids is 1. The number of aromatic nitrogens is 1. The lowest BCUT2D eigenvalue weighted by atomic mass is 9.96. The Labute approximate surface area is 244 Å². The second-order valence-corrected chi connectivity index (χ2v) is 10.3. The molecule has 0 unspecified atom stereocenters. The fraction of sp³-hybridized carbons (Fsp3) is 0.194. The number of allylic oxidation sites excluding steroid dienone is 1. The van der Waals surface area contributed by atoms with Crippen LogP contribution in [0.5, 0.6) is 11.5 Å². The SMILES string of the molecule is CCOC(=O)C1=C(C)N=c2sc(=Cc3cccc(OCc4ccccc4[N+](=O)[O-])c3)c(=O)n2[C@@H]1c1ccc(OC)cc1. The Kier molecular flexibility index (Phi) is 8.30. The molecular formula is C31H27N3O7S. The van der Waals surface area contributed by atoms with E-state index in [9.17, 15) is 19.7 Å². The number of methoxy groups -OCH3 is 1. The first-order valence-electron chi connectivity index (χ1n) is 13.1. The van der Waals surface area contributed by atoms with Gasteiger partial charge in [-0.25, -0.2) is 9.79 Å². The van der Waals surface area contributed by atoms with Crippen LogP contribution in [-0.4, -0.2) is 29.2 Å². The third-order valence-corrected chi connectivity index (χ3v) is 7.67. The van der Waals surface area contributed by atoms with Gasteiger partial charge in [0.25, 0.3) is 11.2 Å². The Balaban J connectivity index is 1.53. The molecule has 11 heteroatoms. The number of rotatable bonds is 9. The number of para-hydroxylation sites is 1. The summed E-state index contributed by atoms with van der Waals surface area (Å²) in [5, 5.41) is 11.3. The molecule has 10 nitrogen and oxygen atoms in total. The monoisotopic (exact) mass is 585 g/mol. The summed E-state index contributed by atoms with van der Waals surface area (Å²) < 4.78 is 18.4. The zero-order chi connectivity index (χ0) is 29.8. The number of thiazole rings is 1. The number of hydrogen-bond donors (Lipinski definition) is 0. The maximum atomic E-state index is 13.8. The van der Waals surface area contributed by atoms with Crippen LogP contribution in [0, 0.1) is 10.1 Å². The predicted octanol–water partition coefficient (Wildman–Crippen LogP) is 4.29. The summed E-state index contributed by atoms with van der Waals surface area (Å²) in [7, 11) is 1.57. The predicted molar refractivity (Wildman–Crippen MR) is 157 cm³/mol. The smallest absolute Gasteiger partial charge is 0.338 e. The minimum absolute atomic E-state index is 0.0145. The number of fused-ring (bicyclic) bond motifs is 1. The molecule has 214 valence electrons. The first-order chi connectivity index (χ1) is 20.3. The topological polar surface area (TPSA) is 122 Å². The Hall–Kier alpha value is -5.03. The van der Waals surface area contributed by atoms with E-state index >= 15 is 0 Å². The fourth-order valence-electron chi connectivity index (χ4n) is 4.71. The molecule has 0 aliphatic carbocycles. The second-order valence-electron chi connectivity index (χ2n) is 9.32. The quantitative estimate of drug-likeness (QED) is 0.163. The number of nitrogens with zero attached hydrogens (tertiary/aromatic N) is 3. The standard InChI is InChI=1S/C31H27N3O7S/c1-4-40-30(36)27-19(2)32-31-33(28(27)21-12-14-23(39-3)15-13-21)29(35)26(42-31)17-20-8-7-10-24(16-20)41-18-22-9-5-6-11-25(22)34(37)38/h5-17,28H,4,18H2,1-3H3/t28-/m1/s1. The minimum Gasteiger partial charge on any atom is -0.497 e. The van der Waals surface area contributed by atoms with E-state index in [0.29, 0.717) is 48.8 Å². The summed E-state index contributed by atoms with van der Waals surface area (Å²) in [6.45, 7) is 3.66. The lowest BCUT2D eigenvalue weighted by molar-refractivity contribution is -0.385. The van der Waals surface area contributed by atoms with E-state index in [4.69, 9.17) is 14.2 Å². The van der Waals surface area contributed by atoms with Gasteiger partial charge in [0.1, 0.15) is 18.1 Å². The van der Waals surface area contributed by atoms with Gasteiger partial charge in [0, 0.05) is 6.07 Å². The molecule has 0 fully saturated rings. The molecule has 1 aliphatic rings. The number of benzene rings is 3. The minimum atomic E-state index is -0.732. The molecule has 0 bridgehead atoms. The number of nitro benzene ring substituents is 1. The summed E-state index contributed by atoms with van der Waals surface area (Å²) in [5.41, 5.74) is 2.32. The molecule has 0 saturated carbocycles. The highest BCUT2D eigenvalue weighted by molar-refractivity contribution is 7.07. The Bertz CT molecular complexity index is 1870. The molecule has 1 aromatic heterocycles. The Morgan fingerprint density at radius 1 is 1.10 bits per heavy atom. The highest BCUT2D eigenvalue weighted by Gasteiger charge is 2.33. The molecule has 0 amide bonds. The van der Waals surface area contributed by atoms with Crippen LogP contribution in [0.15, 0.2) is 93.9 Å². The van der Waals surface area contributed by atoms with Crippen LogP contribution in [0.4, 0.5) is 5.69 Å². The number of nitro groups is 1. The van der Waals surface area contributed by atoms with E-state index in [1.165, 1.54) is 22.0 Å². The van der Waals surface area contributed by atoms with E-state index < -0.39 is 16.9 Å². The normalized spacial score (nSPS) is 14.6. The van der Waals surface area contributed by atoms with Crippen molar-refractivity contribution in [3.63, 3.8) is 0 Å². The molecule has 2 heterocycles. The van der Waals surface area contributed by atoms with Gasteiger partial charge in [-0.15, -0.1) is 0 Å². The third-order valence-electron chi connectivity index (χ3n) is 6.69. The molecule has 0 spiro atoms. The Morgan fingerprint density at radius 2 is 1.86 bits per heavy atom. The van der Waals surface area contributed by atoms with Gasteiger partial charge in [0.15, 0.2) is 4.80 Å². The summed E-state index contributed by atoms with van der Waals surface area (Å²) in [4.78, 5) is 42.9. The van der Waals surface area contributed by atoms with Gasteiger partial charge in [0.05, 0.1) is 46.0 Å². The van der Waals surface area contributed by atoms with Crippen molar-refractivity contribution in [2.75, 3.05) is 13.7 Å². The van der Waals surface area contributed by atoms with Crippen LogP contribution < -0.4 is 24.4 Å². The van der Waals surface area contributed by atoms with E-state index in [1.807, 2.05) is 18.2 Å². The van der Waals surface area contributed by atoms with Gasteiger partial charge in [-0.05, 0) is 61.4 Å². The molecule has 0 radical (unpaired) electrons. The molecule has 1 aliphatic heterocycles. The highest BCUT2D eigenvalue weighted by atomic mass is 32.1. The van der Waals surface area contributed by atoms with Gasteiger partial charge in [-0.3, -0.25) is 19.5 Å². The van der Waals surface area contributed by atoms with Crippen LogP contribution in [0.2, 0.25) is 0 Å². The number of ether oxygens (including phenoxy) is 3. The summed E-state index contributed by atoms with van der Waals surface area (Å²) in [6, 6.07) is 20.0. The van der Waals surface area contributed by atoms with Crippen molar-refractivity contribution in [2.45, 2.75) is 26.5 Å². The van der Waals surface area contributed by atoms with Gasteiger partial charge in [-0.2, -0.15) is 0 Å². The molecule has 1 atom stereocenters. The van der Waals surface area contributed by atoms with E-state index in [0.717, 1.165) is 0 Å².